The van der Waals surface area contributed by atoms with Gasteiger partial charge in [-0.1, -0.05) is 37.3 Å². The second-order valence-corrected chi connectivity index (χ2v) is 6.21. The quantitative estimate of drug-likeness (QED) is 0.839. The van der Waals surface area contributed by atoms with E-state index in [2.05, 4.69) is 29.6 Å². The molecule has 3 atom stereocenters. The van der Waals surface area contributed by atoms with Gasteiger partial charge in [0.15, 0.2) is 0 Å². The van der Waals surface area contributed by atoms with E-state index in [1.807, 2.05) is 18.2 Å². The van der Waals surface area contributed by atoms with E-state index >= 15 is 0 Å². The van der Waals surface area contributed by atoms with Crippen LogP contribution >= 0.6 is 0 Å². The Morgan fingerprint density at radius 1 is 1.30 bits per heavy atom. The molecule has 3 nitrogen and oxygen atoms in total. The van der Waals surface area contributed by atoms with E-state index in [4.69, 9.17) is 0 Å². The molecule has 0 aliphatic heterocycles. The highest BCUT2D eigenvalue weighted by Crippen LogP contribution is 2.47. The van der Waals surface area contributed by atoms with Gasteiger partial charge in [-0.05, 0) is 49.5 Å². The van der Waals surface area contributed by atoms with Crippen LogP contribution in [0.5, 0.6) is 0 Å². The average molecular weight is 270 g/mol. The zero-order valence-electron chi connectivity index (χ0n) is 12.0. The number of rotatable bonds is 3. The molecule has 0 aromatic heterocycles. The van der Waals surface area contributed by atoms with Crippen molar-refractivity contribution in [1.29, 1.82) is 0 Å². The van der Waals surface area contributed by atoms with Crippen LogP contribution in [0.3, 0.4) is 0 Å². The molecule has 2 saturated carbocycles. The van der Waals surface area contributed by atoms with Gasteiger partial charge in [0.05, 0.1) is 0 Å². The SMILES string of the molecule is CC1CCC/C(=N\NC(=O)C2CC2c2ccccc2)C1. The van der Waals surface area contributed by atoms with Crippen LogP contribution < -0.4 is 5.43 Å². The van der Waals surface area contributed by atoms with Crippen molar-refractivity contribution in [3.05, 3.63) is 35.9 Å². The van der Waals surface area contributed by atoms with Crippen molar-refractivity contribution in [2.24, 2.45) is 16.9 Å². The largest absolute Gasteiger partial charge is 0.273 e. The summed E-state index contributed by atoms with van der Waals surface area (Å²) in [6.45, 7) is 2.25. The minimum atomic E-state index is 0.0876. The van der Waals surface area contributed by atoms with Gasteiger partial charge in [-0.15, -0.1) is 0 Å². The Kier molecular flexibility index (Phi) is 3.86. The standard InChI is InChI=1S/C17H22N2O/c1-12-6-5-9-14(10-12)18-19-17(20)16-11-15(16)13-7-3-2-4-8-13/h2-4,7-8,12,15-16H,5-6,9-11H2,1H3,(H,19,20)/b18-14+. The molecule has 20 heavy (non-hydrogen) atoms. The lowest BCUT2D eigenvalue weighted by Crippen LogP contribution is -2.23. The lowest BCUT2D eigenvalue weighted by atomic mass is 9.89. The first-order valence-electron chi connectivity index (χ1n) is 7.64. The lowest BCUT2D eigenvalue weighted by Gasteiger charge is -2.18. The highest BCUT2D eigenvalue weighted by Gasteiger charge is 2.43. The number of amides is 1. The summed E-state index contributed by atoms with van der Waals surface area (Å²) < 4.78 is 0. The van der Waals surface area contributed by atoms with E-state index in [-0.39, 0.29) is 11.8 Å². The summed E-state index contributed by atoms with van der Waals surface area (Å²) in [4.78, 5) is 12.1. The van der Waals surface area contributed by atoms with Crippen LogP contribution in [0.25, 0.3) is 0 Å². The third kappa shape index (κ3) is 3.09. The number of nitrogens with one attached hydrogen (secondary N) is 1. The van der Waals surface area contributed by atoms with Crippen molar-refractivity contribution < 1.29 is 4.79 Å². The molecule has 0 radical (unpaired) electrons. The first-order valence-corrected chi connectivity index (χ1v) is 7.64. The van der Waals surface area contributed by atoms with Crippen LogP contribution in [0.4, 0.5) is 0 Å². The predicted molar refractivity (Wildman–Crippen MR) is 80.5 cm³/mol. The molecule has 1 aromatic carbocycles. The second-order valence-electron chi connectivity index (χ2n) is 6.21. The zero-order valence-corrected chi connectivity index (χ0v) is 12.0. The van der Waals surface area contributed by atoms with E-state index in [1.165, 1.54) is 18.4 Å². The molecule has 0 spiro atoms. The molecular weight excluding hydrogens is 248 g/mol. The normalized spacial score (nSPS) is 31.1. The Morgan fingerprint density at radius 3 is 2.85 bits per heavy atom. The first-order chi connectivity index (χ1) is 9.74. The maximum atomic E-state index is 12.1. The fourth-order valence-electron chi connectivity index (χ4n) is 3.13. The first kappa shape index (κ1) is 13.3. The van der Waals surface area contributed by atoms with Gasteiger partial charge < -0.3 is 0 Å². The van der Waals surface area contributed by atoms with Gasteiger partial charge in [0.2, 0.25) is 5.91 Å². The molecule has 1 N–H and O–H groups in total. The molecule has 2 aliphatic rings. The molecule has 3 heteroatoms. The Bertz CT molecular complexity index is 509. The Morgan fingerprint density at radius 2 is 2.10 bits per heavy atom. The highest BCUT2D eigenvalue weighted by molar-refractivity contribution is 5.88. The maximum Gasteiger partial charge on any atom is 0.243 e. The molecule has 1 aromatic rings. The second kappa shape index (κ2) is 5.78. The number of hydrogen-bond acceptors (Lipinski definition) is 2. The number of benzene rings is 1. The summed E-state index contributed by atoms with van der Waals surface area (Å²) in [6, 6.07) is 10.3. The van der Waals surface area contributed by atoms with Crippen LogP contribution in [0.15, 0.2) is 35.4 Å². The van der Waals surface area contributed by atoms with Gasteiger partial charge in [0.25, 0.3) is 0 Å². The average Bonchev–Trinajstić information content (AvgIpc) is 3.26. The van der Waals surface area contributed by atoms with Gasteiger partial charge in [-0.25, -0.2) is 5.43 Å². The van der Waals surface area contributed by atoms with Crippen molar-refractivity contribution >= 4 is 11.6 Å². The summed E-state index contributed by atoms with van der Waals surface area (Å²) in [5.41, 5.74) is 5.21. The Labute approximate surface area is 120 Å². The number of nitrogens with zero attached hydrogens (tertiary/aromatic N) is 1. The Hall–Kier alpha value is -1.64. The van der Waals surface area contributed by atoms with E-state index in [1.54, 1.807) is 0 Å². The van der Waals surface area contributed by atoms with Crippen LogP contribution in [0, 0.1) is 11.8 Å². The monoisotopic (exact) mass is 270 g/mol. The van der Waals surface area contributed by atoms with E-state index in [0.29, 0.717) is 11.8 Å². The van der Waals surface area contributed by atoms with Crippen molar-refractivity contribution in [3.63, 3.8) is 0 Å². The summed E-state index contributed by atoms with van der Waals surface area (Å²) in [6.07, 6.45) is 5.51. The van der Waals surface area contributed by atoms with Gasteiger partial charge >= 0.3 is 0 Å². The van der Waals surface area contributed by atoms with Crippen molar-refractivity contribution in [2.45, 2.75) is 44.9 Å². The molecular formula is C17H22N2O. The van der Waals surface area contributed by atoms with E-state index in [9.17, 15) is 4.79 Å². The molecule has 2 aliphatic carbocycles. The highest BCUT2D eigenvalue weighted by atomic mass is 16.2. The molecule has 0 heterocycles. The summed E-state index contributed by atoms with van der Waals surface area (Å²) in [5.74, 6) is 1.30. The Balaban J connectivity index is 1.53. The molecule has 0 bridgehead atoms. The van der Waals surface area contributed by atoms with Crippen molar-refractivity contribution in [3.8, 4) is 0 Å². The van der Waals surface area contributed by atoms with Crippen molar-refractivity contribution in [1.82, 2.24) is 5.43 Å². The molecule has 0 saturated heterocycles. The number of hydrogen-bond donors (Lipinski definition) is 1. The molecule has 3 rings (SSSR count). The van der Waals surface area contributed by atoms with Crippen LogP contribution in [-0.4, -0.2) is 11.6 Å². The van der Waals surface area contributed by atoms with Crippen LogP contribution in [-0.2, 0) is 4.79 Å². The fraction of sp³-hybridized carbons (Fsp3) is 0.529. The van der Waals surface area contributed by atoms with E-state index < -0.39 is 0 Å². The van der Waals surface area contributed by atoms with Gasteiger partial charge in [-0.2, -0.15) is 5.10 Å². The van der Waals surface area contributed by atoms with Crippen LogP contribution in [0.1, 0.15) is 50.5 Å². The maximum absolute atomic E-state index is 12.1. The third-order valence-corrected chi connectivity index (χ3v) is 4.43. The minimum Gasteiger partial charge on any atom is -0.273 e. The zero-order chi connectivity index (χ0) is 13.9. The molecule has 3 unspecified atom stereocenters. The lowest BCUT2D eigenvalue weighted by molar-refractivity contribution is -0.122. The molecule has 2 fully saturated rings. The molecule has 1 amide bonds. The summed E-state index contributed by atoms with van der Waals surface area (Å²) in [5, 5.41) is 4.34. The van der Waals surface area contributed by atoms with Gasteiger partial charge in [-0.3, -0.25) is 4.79 Å². The smallest absolute Gasteiger partial charge is 0.243 e. The third-order valence-electron chi connectivity index (χ3n) is 4.43. The number of carbonyl (C=O) groups excluding carboxylic acids is 1. The van der Waals surface area contributed by atoms with Crippen LogP contribution in [0.2, 0.25) is 0 Å². The number of hydrazone groups is 1. The van der Waals surface area contributed by atoms with E-state index in [0.717, 1.165) is 25.0 Å². The summed E-state index contributed by atoms with van der Waals surface area (Å²) in [7, 11) is 0. The fourth-order valence-corrected chi connectivity index (χ4v) is 3.13. The summed E-state index contributed by atoms with van der Waals surface area (Å²) >= 11 is 0. The minimum absolute atomic E-state index is 0.0876. The van der Waals surface area contributed by atoms with Crippen molar-refractivity contribution in [2.75, 3.05) is 0 Å². The topological polar surface area (TPSA) is 41.5 Å². The van der Waals surface area contributed by atoms with Gasteiger partial charge in [0, 0.05) is 11.6 Å². The number of carbonyl (C=O) groups is 1. The van der Waals surface area contributed by atoms with Gasteiger partial charge in [0.1, 0.15) is 0 Å². The predicted octanol–water partition coefficient (Wildman–Crippen LogP) is 3.47. The molecule has 106 valence electrons.